The summed E-state index contributed by atoms with van der Waals surface area (Å²) < 4.78 is 45.5. The molecule has 0 saturated carbocycles. The summed E-state index contributed by atoms with van der Waals surface area (Å²) in [6.45, 7) is 1.79. The fraction of sp³-hybridized carbons (Fsp3) is 0.0714. The lowest BCUT2D eigenvalue weighted by molar-refractivity contribution is -0.137. The number of aryl methyl sites for hydroxylation is 1. The second-order valence-electron chi connectivity index (χ2n) is 8.11. The van der Waals surface area contributed by atoms with Gasteiger partial charge in [0.15, 0.2) is 5.76 Å². The summed E-state index contributed by atoms with van der Waals surface area (Å²) in [4.78, 5) is 4.50. The van der Waals surface area contributed by atoms with E-state index in [-0.39, 0.29) is 5.56 Å². The van der Waals surface area contributed by atoms with Crippen LogP contribution in [0.25, 0.3) is 33.7 Å². The Bertz CT molecular complexity index is 1510. The molecule has 0 radical (unpaired) electrons. The van der Waals surface area contributed by atoms with Crippen LogP contribution in [0.2, 0.25) is 5.02 Å². The zero-order chi connectivity index (χ0) is 25.3. The van der Waals surface area contributed by atoms with Crippen molar-refractivity contribution in [3.05, 3.63) is 107 Å². The van der Waals surface area contributed by atoms with Crippen LogP contribution in [-0.4, -0.2) is 10.1 Å². The molecule has 5 rings (SSSR count). The van der Waals surface area contributed by atoms with Crippen LogP contribution < -0.4 is 5.32 Å². The molecule has 8 heteroatoms. The van der Waals surface area contributed by atoms with Gasteiger partial charge in [0.05, 0.1) is 16.3 Å². The highest BCUT2D eigenvalue weighted by Crippen LogP contribution is 2.40. The fourth-order valence-corrected chi connectivity index (χ4v) is 4.22. The molecule has 0 saturated heterocycles. The maximum atomic E-state index is 13.3. The molecule has 0 spiro atoms. The molecule has 0 amide bonds. The summed E-state index contributed by atoms with van der Waals surface area (Å²) in [6.07, 6.45) is -4.56. The van der Waals surface area contributed by atoms with Crippen LogP contribution in [0.15, 0.2) is 95.5 Å². The molecule has 4 nitrogen and oxygen atoms in total. The lowest BCUT2D eigenvalue weighted by Crippen LogP contribution is -2.06. The van der Waals surface area contributed by atoms with Crippen LogP contribution >= 0.6 is 11.6 Å². The van der Waals surface area contributed by atoms with Gasteiger partial charge in [-0.1, -0.05) is 89.6 Å². The number of aromatic nitrogens is 2. The van der Waals surface area contributed by atoms with Crippen LogP contribution in [0.4, 0.5) is 24.7 Å². The number of pyridine rings is 1. The molecule has 0 bridgehead atoms. The Labute approximate surface area is 210 Å². The summed E-state index contributed by atoms with van der Waals surface area (Å²) in [6, 6.07) is 26.7. The minimum atomic E-state index is -4.56. The van der Waals surface area contributed by atoms with Gasteiger partial charge in [0.25, 0.3) is 0 Å². The van der Waals surface area contributed by atoms with Crippen molar-refractivity contribution in [2.45, 2.75) is 13.1 Å². The molecule has 180 valence electrons. The molecule has 5 aromatic rings. The van der Waals surface area contributed by atoms with Gasteiger partial charge in [0.2, 0.25) is 0 Å². The van der Waals surface area contributed by atoms with E-state index < -0.39 is 16.8 Å². The number of anilines is 2. The van der Waals surface area contributed by atoms with Crippen molar-refractivity contribution in [1.29, 1.82) is 0 Å². The van der Waals surface area contributed by atoms with E-state index in [1.165, 1.54) is 12.1 Å². The van der Waals surface area contributed by atoms with Crippen LogP contribution in [0.5, 0.6) is 0 Å². The van der Waals surface area contributed by atoms with Gasteiger partial charge in [-0.05, 0) is 36.2 Å². The van der Waals surface area contributed by atoms with Gasteiger partial charge in [-0.15, -0.1) is 0 Å². The van der Waals surface area contributed by atoms with Gasteiger partial charge in [-0.2, -0.15) is 13.2 Å². The Balaban J connectivity index is 1.46. The first-order valence-corrected chi connectivity index (χ1v) is 11.4. The Hall–Kier alpha value is -4.10. The highest BCUT2D eigenvalue weighted by Gasteiger charge is 2.34. The van der Waals surface area contributed by atoms with Crippen molar-refractivity contribution >= 4 is 23.1 Å². The van der Waals surface area contributed by atoms with E-state index in [0.29, 0.717) is 28.7 Å². The number of halogens is 4. The SMILES string of the molecule is Cc1noc(-c2ccc(-c3ccccc3)cc2)c1Nc1cccc(-c2cccc(C(F)(F)F)c2Cl)n1. The van der Waals surface area contributed by atoms with Crippen molar-refractivity contribution in [3.63, 3.8) is 0 Å². The Kier molecular flexibility index (Phi) is 6.24. The molecule has 2 heterocycles. The molecular formula is C28H19ClF3N3O. The number of hydrogen-bond acceptors (Lipinski definition) is 4. The molecule has 0 unspecified atom stereocenters. The van der Waals surface area contributed by atoms with Crippen molar-refractivity contribution in [2.24, 2.45) is 0 Å². The molecule has 0 fully saturated rings. The first kappa shape index (κ1) is 23.6. The third kappa shape index (κ3) is 4.70. The van der Waals surface area contributed by atoms with Crippen molar-refractivity contribution in [1.82, 2.24) is 10.1 Å². The van der Waals surface area contributed by atoms with E-state index in [0.717, 1.165) is 22.8 Å². The summed E-state index contributed by atoms with van der Waals surface area (Å²) in [5.41, 5.74) is 3.80. The number of benzene rings is 3. The molecule has 0 aliphatic rings. The molecule has 1 N–H and O–H groups in total. The van der Waals surface area contributed by atoms with E-state index in [2.05, 4.69) is 15.5 Å². The Morgan fingerprint density at radius 3 is 2.17 bits per heavy atom. The molecule has 0 aliphatic heterocycles. The van der Waals surface area contributed by atoms with E-state index in [9.17, 15) is 13.2 Å². The van der Waals surface area contributed by atoms with E-state index >= 15 is 0 Å². The molecule has 36 heavy (non-hydrogen) atoms. The van der Waals surface area contributed by atoms with Crippen LogP contribution in [0, 0.1) is 6.92 Å². The minimum Gasteiger partial charge on any atom is -0.354 e. The predicted octanol–water partition coefficient (Wildman–Crippen LogP) is 8.79. The zero-order valence-corrected chi connectivity index (χ0v) is 19.7. The molecule has 3 aromatic carbocycles. The topological polar surface area (TPSA) is 51.0 Å². The van der Waals surface area contributed by atoms with Gasteiger partial charge in [0.1, 0.15) is 17.2 Å². The van der Waals surface area contributed by atoms with Gasteiger partial charge in [-0.3, -0.25) is 0 Å². The number of rotatable bonds is 5. The van der Waals surface area contributed by atoms with Gasteiger partial charge >= 0.3 is 6.18 Å². The monoisotopic (exact) mass is 505 g/mol. The average Bonchev–Trinajstić information content (AvgIpc) is 3.24. The molecular weight excluding hydrogens is 487 g/mol. The lowest BCUT2D eigenvalue weighted by atomic mass is 10.0. The smallest absolute Gasteiger partial charge is 0.354 e. The van der Waals surface area contributed by atoms with Crippen LogP contribution in [0.3, 0.4) is 0 Å². The highest BCUT2D eigenvalue weighted by atomic mass is 35.5. The van der Waals surface area contributed by atoms with Crippen molar-refractivity contribution in [3.8, 4) is 33.7 Å². The second kappa shape index (κ2) is 9.51. The standard InChI is InChI=1S/C28H19ClF3N3O/c1-17-26(27(36-35-17)20-15-13-19(14-16-20)18-7-3-2-4-8-18)34-24-12-6-11-23(33-24)21-9-5-10-22(25(21)29)28(30,31)32/h2-16H,1H3,(H,33,34). The zero-order valence-electron chi connectivity index (χ0n) is 19.0. The van der Waals surface area contributed by atoms with E-state index in [4.69, 9.17) is 16.1 Å². The van der Waals surface area contributed by atoms with Gasteiger partial charge < -0.3 is 9.84 Å². The van der Waals surface area contributed by atoms with Gasteiger partial charge in [0, 0.05) is 11.1 Å². The normalized spacial score (nSPS) is 11.5. The molecule has 0 atom stereocenters. The summed E-state index contributed by atoms with van der Waals surface area (Å²) in [5.74, 6) is 0.936. The molecule has 0 aliphatic carbocycles. The highest BCUT2D eigenvalue weighted by molar-refractivity contribution is 6.34. The Morgan fingerprint density at radius 1 is 0.778 bits per heavy atom. The minimum absolute atomic E-state index is 0.189. The maximum absolute atomic E-state index is 13.3. The maximum Gasteiger partial charge on any atom is 0.417 e. The van der Waals surface area contributed by atoms with Crippen molar-refractivity contribution in [2.75, 3.05) is 5.32 Å². The fourth-order valence-electron chi connectivity index (χ4n) is 3.89. The van der Waals surface area contributed by atoms with Crippen LogP contribution in [-0.2, 0) is 6.18 Å². The summed E-state index contributed by atoms with van der Waals surface area (Å²) >= 11 is 6.11. The molecule has 2 aromatic heterocycles. The number of nitrogens with one attached hydrogen (secondary N) is 1. The predicted molar refractivity (Wildman–Crippen MR) is 135 cm³/mol. The van der Waals surface area contributed by atoms with Crippen molar-refractivity contribution < 1.29 is 17.7 Å². The third-order valence-corrected chi connectivity index (χ3v) is 6.11. The van der Waals surface area contributed by atoms with Gasteiger partial charge in [-0.25, -0.2) is 4.98 Å². The summed E-state index contributed by atoms with van der Waals surface area (Å²) in [5, 5.41) is 6.91. The van der Waals surface area contributed by atoms with Crippen LogP contribution in [0.1, 0.15) is 11.3 Å². The first-order valence-electron chi connectivity index (χ1n) is 11.0. The number of alkyl halides is 3. The first-order chi connectivity index (χ1) is 17.3. The largest absolute Gasteiger partial charge is 0.417 e. The average molecular weight is 506 g/mol. The lowest BCUT2D eigenvalue weighted by Gasteiger charge is -2.13. The third-order valence-electron chi connectivity index (χ3n) is 5.70. The quantitative estimate of drug-likeness (QED) is 0.259. The number of hydrogen-bond donors (Lipinski definition) is 1. The summed E-state index contributed by atoms with van der Waals surface area (Å²) in [7, 11) is 0. The Morgan fingerprint density at radius 2 is 1.44 bits per heavy atom. The number of nitrogens with zero attached hydrogens (tertiary/aromatic N) is 2. The van der Waals surface area contributed by atoms with E-state index in [1.807, 2.05) is 54.6 Å². The second-order valence-corrected chi connectivity index (χ2v) is 8.49. The van der Waals surface area contributed by atoms with E-state index in [1.54, 1.807) is 25.1 Å².